The molecule has 1 unspecified atom stereocenters. The van der Waals surface area contributed by atoms with Gasteiger partial charge in [-0.25, -0.2) is 13.1 Å². The Labute approximate surface area is 159 Å². The first-order chi connectivity index (χ1) is 11.8. The summed E-state index contributed by atoms with van der Waals surface area (Å²) in [5.74, 6) is 0.618. The molecular formula is C18H21Cl2NO3S. The molecule has 1 atom stereocenters. The van der Waals surface area contributed by atoms with Crippen LogP contribution in [0, 0.1) is 6.92 Å². The average molecular weight is 402 g/mol. The SMILES string of the molecule is CCC(NS(=O)(=O)Cc1ccc(Cl)c(Cl)c1)c1ccc(OC)c(C)c1. The minimum Gasteiger partial charge on any atom is -0.496 e. The number of aryl methyl sites for hydroxylation is 1. The van der Waals surface area contributed by atoms with E-state index in [4.69, 9.17) is 27.9 Å². The Morgan fingerprint density at radius 2 is 1.84 bits per heavy atom. The monoisotopic (exact) mass is 401 g/mol. The van der Waals surface area contributed by atoms with Crippen LogP contribution in [0.25, 0.3) is 0 Å². The molecule has 0 aliphatic rings. The highest BCUT2D eigenvalue weighted by Gasteiger charge is 2.19. The van der Waals surface area contributed by atoms with E-state index >= 15 is 0 Å². The number of sulfonamides is 1. The summed E-state index contributed by atoms with van der Waals surface area (Å²) < 4.78 is 33.1. The van der Waals surface area contributed by atoms with Gasteiger partial charge >= 0.3 is 0 Å². The van der Waals surface area contributed by atoms with Crippen LogP contribution < -0.4 is 9.46 Å². The Kier molecular flexibility index (Phi) is 6.74. The molecule has 2 rings (SSSR count). The molecule has 0 spiro atoms. The fraction of sp³-hybridized carbons (Fsp3) is 0.333. The number of rotatable bonds is 7. The molecule has 0 bridgehead atoms. The molecule has 0 aliphatic carbocycles. The van der Waals surface area contributed by atoms with Crippen LogP contribution in [0.5, 0.6) is 5.75 Å². The van der Waals surface area contributed by atoms with Gasteiger partial charge in [-0.15, -0.1) is 0 Å². The quantitative estimate of drug-likeness (QED) is 0.718. The van der Waals surface area contributed by atoms with Gasteiger partial charge in [0.15, 0.2) is 0 Å². The molecule has 0 aliphatic heterocycles. The number of hydrogen-bond donors (Lipinski definition) is 1. The molecule has 0 aromatic heterocycles. The molecule has 0 radical (unpaired) electrons. The summed E-state index contributed by atoms with van der Waals surface area (Å²) in [6, 6.07) is 10.2. The summed E-state index contributed by atoms with van der Waals surface area (Å²) in [5.41, 5.74) is 2.45. The minimum atomic E-state index is -3.54. The summed E-state index contributed by atoms with van der Waals surface area (Å²) in [5, 5.41) is 0.739. The van der Waals surface area contributed by atoms with Crippen LogP contribution in [-0.2, 0) is 15.8 Å². The minimum absolute atomic E-state index is 0.157. The zero-order valence-corrected chi connectivity index (χ0v) is 16.7. The predicted molar refractivity (Wildman–Crippen MR) is 103 cm³/mol. The number of ether oxygens (including phenoxy) is 1. The molecule has 136 valence electrons. The summed E-state index contributed by atoms with van der Waals surface area (Å²) >= 11 is 11.8. The van der Waals surface area contributed by atoms with Gasteiger partial charge in [0.05, 0.1) is 22.9 Å². The maximum Gasteiger partial charge on any atom is 0.216 e. The number of halogens is 2. The van der Waals surface area contributed by atoms with Gasteiger partial charge in [-0.05, 0) is 48.2 Å². The smallest absolute Gasteiger partial charge is 0.216 e. The average Bonchev–Trinajstić information content (AvgIpc) is 2.55. The molecular weight excluding hydrogens is 381 g/mol. The summed E-state index contributed by atoms with van der Waals surface area (Å²) in [6.45, 7) is 3.87. The summed E-state index contributed by atoms with van der Waals surface area (Å²) in [7, 11) is -1.92. The first-order valence-corrected chi connectivity index (χ1v) is 10.2. The normalized spacial score (nSPS) is 12.8. The third-order valence-electron chi connectivity index (χ3n) is 3.89. The van der Waals surface area contributed by atoms with E-state index in [2.05, 4.69) is 4.72 Å². The molecule has 0 saturated heterocycles. The first kappa shape index (κ1) is 20.0. The van der Waals surface area contributed by atoms with E-state index in [9.17, 15) is 8.42 Å². The van der Waals surface area contributed by atoms with Crippen molar-refractivity contribution < 1.29 is 13.2 Å². The molecule has 4 nitrogen and oxygen atoms in total. The molecule has 0 saturated carbocycles. The zero-order valence-electron chi connectivity index (χ0n) is 14.3. The lowest BCUT2D eigenvalue weighted by Crippen LogP contribution is -2.29. The third-order valence-corrected chi connectivity index (χ3v) is 5.99. The predicted octanol–water partition coefficient (Wildman–Crippen LogP) is 4.88. The van der Waals surface area contributed by atoms with Crippen LogP contribution in [0.3, 0.4) is 0 Å². The van der Waals surface area contributed by atoms with Crippen molar-refractivity contribution in [1.82, 2.24) is 4.72 Å². The summed E-state index contributed by atoms with van der Waals surface area (Å²) in [6.07, 6.45) is 0.631. The van der Waals surface area contributed by atoms with Crippen molar-refractivity contribution in [2.45, 2.75) is 32.1 Å². The molecule has 25 heavy (non-hydrogen) atoms. The fourth-order valence-corrected chi connectivity index (χ4v) is 4.37. The van der Waals surface area contributed by atoms with Crippen LogP contribution in [-0.4, -0.2) is 15.5 Å². The van der Waals surface area contributed by atoms with Crippen LogP contribution in [0.15, 0.2) is 36.4 Å². The van der Waals surface area contributed by atoms with E-state index in [0.29, 0.717) is 22.0 Å². The van der Waals surface area contributed by atoms with E-state index < -0.39 is 10.0 Å². The molecule has 2 aromatic carbocycles. The van der Waals surface area contributed by atoms with E-state index in [1.54, 1.807) is 25.3 Å². The van der Waals surface area contributed by atoms with Gasteiger partial charge in [0.1, 0.15) is 5.75 Å². The van der Waals surface area contributed by atoms with Crippen molar-refractivity contribution in [3.8, 4) is 5.75 Å². The fourth-order valence-electron chi connectivity index (χ4n) is 2.61. The van der Waals surface area contributed by atoms with Crippen LogP contribution in [0.4, 0.5) is 0 Å². The van der Waals surface area contributed by atoms with Gasteiger partial charge in [0.25, 0.3) is 0 Å². The molecule has 2 aromatic rings. The molecule has 0 fully saturated rings. The number of methoxy groups -OCH3 is 1. The Morgan fingerprint density at radius 3 is 2.40 bits per heavy atom. The third kappa shape index (κ3) is 5.35. The van der Waals surface area contributed by atoms with E-state index in [-0.39, 0.29) is 11.8 Å². The van der Waals surface area contributed by atoms with Crippen LogP contribution >= 0.6 is 23.2 Å². The molecule has 7 heteroatoms. The van der Waals surface area contributed by atoms with Crippen molar-refractivity contribution in [2.24, 2.45) is 0 Å². The van der Waals surface area contributed by atoms with Gasteiger partial charge in [0.2, 0.25) is 10.0 Å². The van der Waals surface area contributed by atoms with Crippen molar-refractivity contribution >= 4 is 33.2 Å². The van der Waals surface area contributed by atoms with Crippen molar-refractivity contribution in [3.05, 3.63) is 63.1 Å². The van der Waals surface area contributed by atoms with Gasteiger partial charge in [0, 0.05) is 6.04 Å². The lowest BCUT2D eigenvalue weighted by Gasteiger charge is -2.19. The molecule has 0 heterocycles. The van der Waals surface area contributed by atoms with Crippen LogP contribution in [0.1, 0.15) is 36.1 Å². The number of nitrogens with one attached hydrogen (secondary N) is 1. The topological polar surface area (TPSA) is 55.4 Å². The zero-order chi connectivity index (χ0) is 18.6. The lowest BCUT2D eigenvalue weighted by atomic mass is 10.0. The first-order valence-electron chi connectivity index (χ1n) is 7.84. The second-order valence-electron chi connectivity index (χ2n) is 5.82. The summed E-state index contributed by atoms with van der Waals surface area (Å²) in [4.78, 5) is 0. The largest absolute Gasteiger partial charge is 0.496 e. The lowest BCUT2D eigenvalue weighted by molar-refractivity contribution is 0.411. The van der Waals surface area contributed by atoms with Gasteiger partial charge in [-0.3, -0.25) is 0 Å². The van der Waals surface area contributed by atoms with E-state index in [0.717, 1.165) is 16.9 Å². The Balaban J connectivity index is 2.18. The second-order valence-corrected chi connectivity index (χ2v) is 8.38. The second kappa shape index (κ2) is 8.41. The van der Waals surface area contributed by atoms with Gasteiger partial charge in [-0.1, -0.05) is 48.3 Å². The Hall–Kier alpha value is -1.27. The maximum absolute atomic E-state index is 12.5. The number of hydrogen-bond acceptors (Lipinski definition) is 3. The number of benzene rings is 2. The molecule has 0 amide bonds. The highest BCUT2D eigenvalue weighted by atomic mass is 35.5. The Morgan fingerprint density at radius 1 is 1.12 bits per heavy atom. The van der Waals surface area contributed by atoms with Crippen molar-refractivity contribution in [2.75, 3.05) is 7.11 Å². The van der Waals surface area contributed by atoms with Crippen LogP contribution in [0.2, 0.25) is 10.0 Å². The maximum atomic E-state index is 12.5. The Bertz CT molecular complexity index is 853. The van der Waals surface area contributed by atoms with Crippen molar-refractivity contribution in [3.63, 3.8) is 0 Å². The molecule has 1 N–H and O–H groups in total. The van der Waals surface area contributed by atoms with E-state index in [1.165, 1.54) is 0 Å². The van der Waals surface area contributed by atoms with Crippen molar-refractivity contribution in [1.29, 1.82) is 0 Å². The van der Waals surface area contributed by atoms with Gasteiger partial charge in [-0.2, -0.15) is 0 Å². The highest BCUT2D eigenvalue weighted by Crippen LogP contribution is 2.26. The standard InChI is InChI=1S/C18H21Cl2NO3S/c1-4-17(14-6-8-18(24-3)12(2)9-14)21-25(22,23)11-13-5-7-15(19)16(20)10-13/h5-10,17,21H,4,11H2,1-3H3. The van der Waals surface area contributed by atoms with Gasteiger partial charge < -0.3 is 4.74 Å². The van der Waals surface area contributed by atoms with E-state index in [1.807, 2.05) is 32.0 Å². The highest BCUT2D eigenvalue weighted by molar-refractivity contribution is 7.88.